The number of amides is 1. The van der Waals surface area contributed by atoms with Gasteiger partial charge in [-0.3, -0.25) is 14.5 Å². The number of hydrogen-bond acceptors (Lipinski definition) is 5. The van der Waals surface area contributed by atoms with Crippen molar-refractivity contribution in [1.82, 2.24) is 9.80 Å². The van der Waals surface area contributed by atoms with Gasteiger partial charge in [-0.05, 0) is 19.0 Å². The molecule has 0 aliphatic carbocycles. The topological polar surface area (TPSA) is 90.3 Å². The number of likely N-dealkylation sites (tertiary alicyclic amines) is 1. The molecule has 0 saturated carbocycles. The summed E-state index contributed by atoms with van der Waals surface area (Å²) in [7, 11) is 1.63. The van der Waals surface area contributed by atoms with Gasteiger partial charge in [-0.15, -0.1) is 0 Å². The van der Waals surface area contributed by atoms with Crippen LogP contribution in [0.15, 0.2) is 30.3 Å². The summed E-state index contributed by atoms with van der Waals surface area (Å²) in [4.78, 5) is 26.0. The van der Waals surface area contributed by atoms with Gasteiger partial charge in [0.15, 0.2) is 0 Å². The number of ether oxygens (including phenoxy) is 1. The fourth-order valence-electron chi connectivity index (χ4n) is 2.82. The molecular formula is C17H24N2O5. The highest BCUT2D eigenvalue weighted by Gasteiger charge is 2.36. The quantitative estimate of drug-likeness (QED) is 0.641. The Morgan fingerprint density at radius 1 is 1.29 bits per heavy atom. The Kier molecular flexibility index (Phi) is 6.72. The number of nitrogens with zero attached hydrogens (tertiary/aromatic N) is 2. The van der Waals surface area contributed by atoms with Crippen molar-refractivity contribution in [3.05, 3.63) is 35.9 Å². The molecule has 2 rings (SSSR count). The highest BCUT2D eigenvalue weighted by molar-refractivity contribution is 5.78. The Balaban J connectivity index is 1.72. The normalized spacial score (nSPS) is 20.5. The van der Waals surface area contributed by atoms with Crippen LogP contribution in [0.2, 0.25) is 0 Å². The predicted octanol–water partition coefficient (Wildman–Crippen LogP) is -0.166. The third kappa shape index (κ3) is 5.30. The van der Waals surface area contributed by atoms with E-state index in [4.69, 9.17) is 9.84 Å². The number of likely N-dealkylation sites (N-methyl/N-ethyl adjacent to an activating group) is 1. The molecule has 1 heterocycles. The molecule has 7 nitrogen and oxygen atoms in total. The molecule has 1 fully saturated rings. The molecule has 1 aliphatic rings. The zero-order valence-electron chi connectivity index (χ0n) is 13.8. The molecule has 1 aliphatic heterocycles. The summed E-state index contributed by atoms with van der Waals surface area (Å²) in [5, 5.41) is 18.9. The third-order valence-electron chi connectivity index (χ3n) is 4.17. The summed E-state index contributed by atoms with van der Waals surface area (Å²) in [6, 6.07) is 9.51. The first-order chi connectivity index (χ1) is 11.5. The lowest BCUT2D eigenvalue weighted by Gasteiger charge is -2.24. The number of aliphatic carboxylic acids is 1. The van der Waals surface area contributed by atoms with Crippen LogP contribution in [-0.4, -0.2) is 83.9 Å². The second-order valence-corrected chi connectivity index (χ2v) is 6.03. The summed E-state index contributed by atoms with van der Waals surface area (Å²) < 4.78 is 5.43. The van der Waals surface area contributed by atoms with E-state index in [0.717, 1.165) is 12.0 Å². The number of carbonyl (C=O) groups excluding carboxylic acids is 1. The molecular weight excluding hydrogens is 312 g/mol. The number of aliphatic hydroxyl groups excluding tert-OH is 1. The third-order valence-corrected chi connectivity index (χ3v) is 4.17. The molecule has 0 aromatic heterocycles. The van der Waals surface area contributed by atoms with Crippen molar-refractivity contribution < 1.29 is 24.5 Å². The lowest BCUT2D eigenvalue weighted by atomic mass is 10.2. The van der Waals surface area contributed by atoms with Crippen molar-refractivity contribution in [3.63, 3.8) is 0 Å². The lowest BCUT2D eigenvalue weighted by molar-refractivity contribution is -0.138. The van der Waals surface area contributed by atoms with Crippen LogP contribution in [0.5, 0.6) is 0 Å². The smallest absolute Gasteiger partial charge is 0.317 e. The van der Waals surface area contributed by atoms with Gasteiger partial charge >= 0.3 is 5.97 Å². The van der Waals surface area contributed by atoms with Gasteiger partial charge in [0, 0.05) is 13.1 Å². The fourth-order valence-corrected chi connectivity index (χ4v) is 2.82. The maximum absolute atomic E-state index is 12.1. The van der Waals surface area contributed by atoms with E-state index >= 15 is 0 Å². The zero-order chi connectivity index (χ0) is 17.5. The minimum Gasteiger partial charge on any atom is -0.480 e. The number of hydrogen-bond donors (Lipinski definition) is 2. The van der Waals surface area contributed by atoms with Crippen molar-refractivity contribution in [1.29, 1.82) is 0 Å². The average Bonchev–Trinajstić information content (AvgIpc) is 2.94. The zero-order valence-corrected chi connectivity index (χ0v) is 13.8. The summed E-state index contributed by atoms with van der Waals surface area (Å²) in [6.07, 6.45) is -0.0108. The molecule has 0 spiro atoms. The van der Waals surface area contributed by atoms with Gasteiger partial charge in [-0.2, -0.15) is 0 Å². The van der Waals surface area contributed by atoms with E-state index in [0.29, 0.717) is 13.2 Å². The molecule has 7 heteroatoms. The standard InChI is InChI=1S/C17H24N2O5/c1-18(11-17(22)23)14-9-19(10-15(14)20)16(21)12-24-8-7-13-5-3-2-4-6-13/h2-6,14-15,20H,7-12H2,1H3,(H,22,23)/t14-,15+/m0/s1. The van der Waals surface area contributed by atoms with Gasteiger partial charge < -0.3 is 19.8 Å². The number of β-amino-alcohol motifs (C(OH)–C–C–N with tert-alkyl or cyclic N) is 1. The first kappa shape index (κ1) is 18.4. The van der Waals surface area contributed by atoms with Crippen LogP contribution >= 0.6 is 0 Å². The first-order valence-corrected chi connectivity index (χ1v) is 7.97. The molecule has 1 aromatic rings. The monoisotopic (exact) mass is 336 g/mol. The van der Waals surface area contributed by atoms with Gasteiger partial charge in [0.25, 0.3) is 0 Å². The molecule has 0 unspecified atom stereocenters. The first-order valence-electron chi connectivity index (χ1n) is 7.97. The molecule has 1 amide bonds. The van der Waals surface area contributed by atoms with E-state index in [9.17, 15) is 14.7 Å². The van der Waals surface area contributed by atoms with Crippen LogP contribution in [0.4, 0.5) is 0 Å². The minimum absolute atomic E-state index is 0.0328. The average molecular weight is 336 g/mol. The molecule has 1 saturated heterocycles. The molecule has 2 N–H and O–H groups in total. The highest BCUT2D eigenvalue weighted by Crippen LogP contribution is 2.15. The van der Waals surface area contributed by atoms with Crippen LogP contribution in [0, 0.1) is 0 Å². The highest BCUT2D eigenvalue weighted by atomic mass is 16.5. The van der Waals surface area contributed by atoms with Crippen LogP contribution in [0.3, 0.4) is 0 Å². The number of rotatable bonds is 8. The van der Waals surface area contributed by atoms with Gasteiger partial charge in [0.1, 0.15) is 6.61 Å². The van der Waals surface area contributed by atoms with Crippen LogP contribution in [0.1, 0.15) is 5.56 Å². The lowest BCUT2D eigenvalue weighted by Crippen LogP contribution is -2.43. The summed E-state index contributed by atoms with van der Waals surface area (Å²) in [5.41, 5.74) is 1.15. The second-order valence-electron chi connectivity index (χ2n) is 6.03. The van der Waals surface area contributed by atoms with Crippen LogP contribution in [0.25, 0.3) is 0 Å². The summed E-state index contributed by atoms with van der Waals surface area (Å²) >= 11 is 0. The van der Waals surface area contributed by atoms with Gasteiger partial charge in [-0.1, -0.05) is 30.3 Å². The molecule has 2 atom stereocenters. The van der Waals surface area contributed by atoms with Crippen molar-refractivity contribution in [2.75, 3.05) is 39.9 Å². The van der Waals surface area contributed by atoms with E-state index in [2.05, 4.69) is 0 Å². The van der Waals surface area contributed by atoms with Crippen molar-refractivity contribution in [2.45, 2.75) is 18.6 Å². The van der Waals surface area contributed by atoms with Crippen molar-refractivity contribution in [3.8, 4) is 0 Å². The van der Waals surface area contributed by atoms with E-state index in [-0.39, 0.29) is 31.6 Å². The van der Waals surface area contributed by atoms with Crippen molar-refractivity contribution in [2.24, 2.45) is 0 Å². The number of benzene rings is 1. The Bertz CT molecular complexity index is 551. The minimum atomic E-state index is -0.960. The maximum atomic E-state index is 12.1. The predicted molar refractivity (Wildman–Crippen MR) is 87.6 cm³/mol. The summed E-state index contributed by atoms with van der Waals surface area (Å²) in [6.45, 7) is 0.766. The van der Waals surface area contributed by atoms with E-state index in [1.54, 1.807) is 11.9 Å². The molecule has 0 radical (unpaired) electrons. The Labute approximate surface area is 141 Å². The number of carbonyl (C=O) groups is 2. The van der Waals surface area contributed by atoms with Crippen molar-refractivity contribution >= 4 is 11.9 Å². The van der Waals surface area contributed by atoms with Crippen LogP contribution in [-0.2, 0) is 20.7 Å². The van der Waals surface area contributed by atoms with Gasteiger partial charge in [0.05, 0.1) is 25.3 Å². The Hall–Kier alpha value is -1.96. The number of carboxylic acids is 1. The largest absolute Gasteiger partial charge is 0.480 e. The number of carboxylic acid groups (broad SMARTS) is 1. The van der Waals surface area contributed by atoms with E-state index in [1.807, 2.05) is 30.3 Å². The number of aliphatic hydroxyl groups is 1. The maximum Gasteiger partial charge on any atom is 0.317 e. The second kappa shape index (κ2) is 8.77. The van der Waals surface area contributed by atoms with E-state index in [1.165, 1.54) is 4.90 Å². The van der Waals surface area contributed by atoms with Gasteiger partial charge in [-0.25, -0.2) is 0 Å². The SMILES string of the molecule is CN(CC(=O)O)[C@H]1CN(C(=O)COCCc2ccccc2)C[C@H]1O. The molecule has 0 bridgehead atoms. The molecule has 132 valence electrons. The van der Waals surface area contributed by atoms with Gasteiger partial charge in [0.2, 0.25) is 5.91 Å². The Morgan fingerprint density at radius 3 is 2.67 bits per heavy atom. The van der Waals surface area contributed by atoms with Crippen LogP contribution < -0.4 is 0 Å². The molecule has 24 heavy (non-hydrogen) atoms. The fraction of sp³-hybridized carbons (Fsp3) is 0.529. The van der Waals surface area contributed by atoms with E-state index < -0.39 is 12.1 Å². The summed E-state index contributed by atoms with van der Waals surface area (Å²) in [5.74, 6) is -1.15. The molecule has 1 aromatic carbocycles. The Morgan fingerprint density at radius 2 is 2.00 bits per heavy atom.